The van der Waals surface area contributed by atoms with Crippen LogP contribution in [0.3, 0.4) is 0 Å². The standard InChI is InChI=1S/C20H24N4O3/c1-4-18(25)22-16-9-11-17(12-10-16)23-19(26)13-21-15-7-5-14(6-8-15)20(27)24(2)3/h5-12,21H,4,13H2,1-3H3,(H,22,25)(H,23,26). The Balaban J connectivity index is 1.83. The number of carbonyl (C=O) groups excluding carboxylic acids is 3. The van der Waals surface area contributed by atoms with Gasteiger partial charge in [-0.05, 0) is 48.5 Å². The average molecular weight is 368 g/mol. The molecule has 3 N–H and O–H groups in total. The lowest BCUT2D eigenvalue weighted by Crippen LogP contribution is -2.22. The predicted octanol–water partition coefficient (Wildman–Crippen LogP) is 2.79. The Morgan fingerprint density at radius 2 is 1.26 bits per heavy atom. The van der Waals surface area contributed by atoms with Crippen LogP contribution in [0.5, 0.6) is 0 Å². The van der Waals surface area contributed by atoms with Gasteiger partial charge in [0.05, 0.1) is 6.54 Å². The summed E-state index contributed by atoms with van der Waals surface area (Å²) in [7, 11) is 3.40. The van der Waals surface area contributed by atoms with Gasteiger partial charge in [-0.3, -0.25) is 14.4 Å². The van der Waals surface area contributed by atoms with Crippen LogP contribution in [0.1, 0.15) is 23.7 Å². The molecule has 0 saturated heterocycles. The fourth-order valence-corrected chi connectivity index (χ4v) is 2.26. The van der Waals surface area contributed by atoms with E-state index in [2.05, 4.69) is 16.0 Å². The van der Waals surface area contributed by atoms with Crippen molar-refractivity contribution in [1.82, 2.24) is 4.90 Å². The molecule has 0 aliphatic rings. The van der Waals surface area contributed by atoms with E-state index in [0.717, 1.165) is 5.69 Å². The molecule has 2 rings (SSSR count). The van der Waals surface area contributed by atoms with Crippen LogP contribution >= 0.6 is 0 Å². The Kier molecular flexibility index (Phi) is 6.93. The van der Waals surface area contributed by atoms with Crippen LogP contribution in [-0.4, -0.2) is 43.3 Å². The fourth-order valence-electron chi connectivity index (χ4n) is 2.26. The number of anilines is 3. The van der Waals surface area contributed by atoms with Crippen LogP contribution in [0.25, 0.3) is 0 Å². The molecule has 0 atom stereocenters. The molecular weight excluding hydrogens is 344 g/mol. The number of nitrogens with zero attached hydrogens (tertiary/aromatic N) is 1. The second-order valence-electron chi connectivity index (χ2n) is 6.16. The molecule has 0 saturated carbocycles. The largest absolute Gasteiger partial charge is 0.376 e. The van der Waals surface area contributed by atoms with E-state index in [-0.39, 0.29) is 24.3 Å². The molecule has 142 valence electrons. The van der Waals surface area contributed by atoms with Gasteiger partial charge in [0.2, 0.25) is 11.8 Å². The molecule has 7 heteroatoms. The van der Waals surface area contributed by atoms with Crippen molar-refractivity contribution >= 4 is 34.8 Å². The summed E-state index contributed by atoms with van der Waals surface area (Å²) in [4.78, 5) is 36.8. The van der Waals surface area contributed by atoms with Crippen LogP contribution in [0.4, 0.5) is 17.1 Å². The molecule has 27 heavy (non-hydrogen) atoms. The number of rotatable bonds is 7. The van der Waals surface area contributed by atoms with Crippen molar-refractivity contribution in [2.75, 3.05) is 36.6 Å². The van der Waals surface area contributed by atoms with Crippen molar-refractivity contribution in [3.63, 3.8) is 0 Å². The first-order valence-electron chi connectivity index (χ1n) is 8.64. The van der Waals surface area contributed by atoms with E-state index < -0.39 is 0 Å². The van der Waals surface area contributed by atoms with Crippen LogP contribution < -0.4 is 16.0 Å². The van der Waals surface area contributed by atoms with Crippen molar-refractivity contribution in [2.24, 2.45) is 0 Å². The SMILES string of the molecule is CCC(=O)Nc1ccc(NC(=O)CNc2ccc(C(=O)N(C)C)cc2)cc1. The van der Waals surface area contributed by atoms with Gasteiger partial charge in [0, 0.05) is 43.1 Å². The summed E-state index contributed by atoms with van der Waals surface area (Å²) in [5.74, 6) is -0.332. The zero-order chi connectivity index (χ0) is 19.8. The highest BCUT2D eigenvalue weighted by Gasteiger charge is 2.08. The number of hydrogen-bond acceptors (Lipinski definition) is 4. The second-order valence-corrected chi connectivity index (χ2v) is 6.16. The number of benzene rings is 2. The monoisotopic (exact) mass is 368 g/mol. The smallest absolute Gasteiger partial charge is 0.253 e. The van der Waals surface area contributed by atoms with E-state index in [4.69, 9.17) is 0 Å². The van der Waals surface area contributed by atoms with E-state index in [1.807, 2.05) is 0 Å². The van der Waals surface area contributed by atoms with Gasteiger partial charge in [-0.2, -0.15) is 0 Å². The van der Waals surface area contributed by atoms with Crippen molar-refractivity contribution in [3.8, 4) is 0 Å². The summed E-state index contributed by atoms with van der Waals surface area (Å²) in [6, 6.07) is 13.9. The molecule has 0 heterocycles. The third-order valence-corrected chi connectivity index (χ3v) is 3.76. The van der Waals surface area contributed by atoms with Gasteiger partial charge >= 0.3 is 0 Å². The summed E-state index contributed by atoms with van der Waals surface area (Å²) >= 11 is 0. The Morgan fingerprint density at radius 1 is 0.778 bits per heavy atom. The van der Waals surface area contributed by atoms with Crippen molar-refractivity contribution in [2.45, 2.75) is 13.3 Å². The minimum Gasteiger partial charge on any atom is -0.376 e. The van der Waals surface area contributed by atoms with E-state index in [1.54, 1.807) is 69.6 Å². The Hall–Kier alpha value is -3.35. The van der Waals surface area contributed by atoms with E-state index in [1.165, 1.54) is 4.90 Å². The second kappa shape index (κ2) is 9.38. The maximum atomic E-state index is 12.1. The maximum Gasteiger partial charge on any atom is 0.253 e. The molecule has 0 aliphatic carbocycles. The highest BCUT2D eigenvalue weighted by molar-refractivity contribution is 5.95. The summed E-state index contributed by atoms with van der Waals surface area (Å²) in [6.45, 7) is 1.87. The summed E-state index contributed by atoms with van der Waals surface area (Å²) in [6.07, 6.45) is 0.411. The number of amides is 3. The zero-order valence-electron chi connectivity index (χ0n) is 15.7. The summed E-state index contributed by atoms with van der Waals surface area (Å²) in [5.41, 5.74) is 2.66. The summed E-state index contributed by atoms with van der Waals surface area (Å²) in [5, 5.41) is 8.53. The Morgan fingerprint density at radius 3 is 1.74 bits per heavy atom. The molecule has 3 amide bonds. The van der Waals surface area contributed by atoms with Crippen LogP contribution in [0.15, 0.2) is 48.5 Å². The molecule has 0 aliphatic heterocycles. The quantitative estimate of drug-likeness (QED) is 0.701. The third kappa shape index (κ3) is 6.14. The van der Waals surface area contributed by atoms with E-state index in [9.17, 15) is 14.4 Å². The lowest BCUT2D eigenvalue weighted by molar-refractivity contribution is -0.116. The molecular formula is C20H24N4O3. The molecule has 0 unspecified atom stereocenters. The topological polar surface area (TPSA) is 90.5 Å². The lowest BCUT2D eigenvalue weighted by Gasteiger charge is -2.11. The average Bonchev–Trinajstić information content (AvgIpc) is 2.67. The Labute approximate surface area is 158 Å². The van der Waals surface area contributed by atoms with Crippen LogP contribution in [0.2, 0.25) is 0 Å². The predicted molar refractivity (Wildman–Crippen MR) is 107 cm³/mol. The highest BCUT2D eigenvalue weighted by Crippen LogP contribution is 2.14. The first-order chi connectivity index (χ1) is 12.9. The van der Waals surface area contributed by atoms with Gasteiger partial charge in [0.1, 0.15) is 0 Å². The first-order valence-corrected chi connectivity index (χ1v) is 8.64. The van der Waals surface area contributed by atoms with Crippen LogP contribution in [-0.2, 0) is 9.59 Å². The molecule has 0 radical (unpaired) electrons. The molecule has 0 fully saturated rings. The zero-order valence-corrected chi connectivity index (χ0v) is 15.7. The first kappa shape index (κ1) is 20.0. The highest BCUT2D eigenvalue weighted by atomic mass is 16.2. The van der Waals surface area contributed by atoms with E-state index in [0.29, 0.717) is 23.4 Å². The van der Waals surface area contributed by atoms with Crippen molar-refractivity contribution in [3.05, 3.63) is 54.1 Å². The van der Waals surface area contributed by atoms with Gasteiger partial charge < -0.3 is 20.9 Å². The molecule has 2 aromatic rings. The molecule has 7 nitrogen and oxygen atoms in total. The van der Waals surface area contributed by atoms with Crippen molar-refractivity contribution in [1.29, 1.82) is 0 Å². The molecule has 2 aromatic carbocycles. The van der Waals surface area contributed by atoms with Gasteiger partial charge in [0.15, 0.2) is 0 Å². The minimum absolute atomic E-state index is 0.0608. The number of nitrogens with one attached hydrogen (secondary N) is 3. The Bertz CT molecular complexity index is 799. The van der Waals surface area contributed by atoms with Gasteiger partial charge in [-0.15, -0.1) is 0 Å². The van der Waals surface area contributed by atoms with Crippen molar-refractivity contribution < 1.29 is 14.4 Å². The molecule has 0 spiro atoms. The lowest BCUT2D eigenvalue weighted by atomic mass is 10.2. The van der Waals surface area contributed by atoms with Gasteiger partial charge in [0.25, 0.3) is 5.91 Å². The minimum atomic E-state index is -0.200. The van der Waals surface area contributed by atoms with Crippen LogP contribution in [0, 0.1) is 0 Å². The third-order valence-electron chi connectivity index (χ3n) is 3.76. The van der Waals surface area contributed by atoms with E-state index >= 15 is 0 Å². The number of hydrogen-bond donors (Lipinski definition) is 3. The fraction of sp³-hybridized carbons (Fsp3) is 0.250. The van der Waals surface area contributed by atoms with Gasteiger partial charge in [-0.1, -0.05) is 6.92 Å². The maximum absolute atomic E-state index is 12.1. The van der Waals surface area contributed by atoms with Gasteiger partial charge in [-0.25, -0.2) is 0 Å². The molecule has 0 bridgehead atoms. The molecule has 0 aromatic heterocycles. The summed E-state index contributed by atoms with van der Waals surface area (Å²) < 4.78 is 0. The number of carbonyl (C=O) groups is 3. The normalized spacial score (nSPS) is 10.0.